The van der Waals surface area contributed by atoms with Crippen LogP contribution >= 0.6 is 0 Å². The van der Waals surface area contributed by atoms with Gasteiger partial charge < -0.3 is 15.4 Å². The summed E-state index contributed by atoms with van der Waals surface area (Å²) in [6.45, 7) is 2.67. The molecule has 2 unspecified atom stereocenters. The van der Waals surface area contributed by atoms with E-state index in [0.717, 1.165) is 5.69 Å². The molecule has 92 valence electrons. The quantitative estimate of drug-likeness (QED) is 0.806. The Kier molecular flexibility index (Phi) is 3.13. The number of hydrogen-bond donors (Lipinski definition) is 1. The lowest BCUT2D eigenvalue weighted by molar-refractivity contribution is -0.127. The first-order valence-electron chi connectivity index (χ1n) is 5.57. The molecule has 5 nitrogen and oxygen atoms in total. The van der Waals surface area contributed by atoms with Gasteiger partial charge in [0.15, 0.2) is 0 Å². The number of aromatic nitrogens is 1. The molecule has 5 heteroatoms. The fourth-order valence-corrected chi connectivity index (χ4v) is 1.98. The van der Waals surface area contributed by atoms with E-state index in [-0.39, 0.29) is 11.9 Å². The molecule has 0 bridgehead atoms. The third-order valence-corrected chi connectivity index (χ3v) is 3.36. The minimum Gasteiger partial charge on any atom is -0.379 e. The molecule has 2 heterocycles. The molecule has 2 N–H and O–H groups in total. The van der Waals surface area contributed by atoms with Crippen molar-refractivity contribution in [1.29, 1.82) is 0 Å². The maximum atomic E-state index is 12.4. The van der Waals surface area contributed by atoms with Crippen LogP contribution in [0.2, 0.25) is 0 Å². The van der Waals surface area contributed by atoms with Crippen LogP contribution in [-0.4, -0.2) is 37.2 Å². The predicted octanol–water partition coefficient (Wildman–Crippen LogP) is 0.408. The molecule has 17 heavy (non-hydrogen) atoms. The van der Waals surface area contributed by atoms with Gasteiger partial charge in [0.1, 0.15) is 0 Å². The first-order chi connectivity index (χ1) is 8.05. The summed E-state index contributed by atoms with van der Waals surface area (Å²) in [6, 6.07) is 3.34. The largest absolute Gasteiger partial charge is 0.379 e. The third kappa shape index (κ3) is 2.03. The highest BCUT2D eigenvalue weighted by atomic mass is 16.5. The van der Waals surface area contributed by atoms with Crippen molar-refractivity contribution in [1.82, 2.24) is 4.98 Å². The number of anilines is 1. The van der Waals surface area contributed by atoms with Crippen LogP contribution in [0.25, 0.3) is 0 Å². The van der Waals surface area contributed by atoms with Gasteiger partial charge in [-0.3, -0.25) is 9.78 Å². The van der Waals surface area contributed by atoms with Gasteiger partial charge in [0.25, 0.3) is 0 Å². The summed E-state index contributed by atoms with van der Waals surface area (Å²) in [5, 5.41) is 0. The van der Waals surface area contributed by atoms with Crippen molar-refractivity contribution in [2.75, 3.05) is 25.2 Å². The van der Waals surface area contributed by atoms with E-state index in [9.17, 15) is 4.79 Å². The van der Waals surface area contributed by atoms with Gasteiger partial charge in [-0.25, -0.2) is 0 Å². The van der Waals surface area contributed by atoms with E-state index in [1.807, 2.05) is 6.92 Å². The number of ether oxygens (including phenoxy) is 1. The number of carbonyl (C=O) groups excluding carboxylic acids is 1. The van der Waals surface area contributed by atoms with Crippen molar-refractivity contribution in [3.63, 3.8) is 0 Å². The molecule has 1 fully saturated rings. The number of rotatable bonds is 2. The Morgan fingerprint density at radius 2 is 2.24 bits per heavy atom. The van der Waals surface area contributed by atoms with Crippen LogP contribution < -0.4 is 10.6 Å². The van der Waals surface area contributed by atoms with Gasteiger partial charge in [0, 0.05) is 31.2 Å². The third-order valence-electron chi connectivity index (χ3n) is 3.36. The van der Waals surface area contributed by atoms with Gasteiger partial charge in [0.05, 0.1) is 18.6 Å². The molecule has 1 amide bonds. The zero-order chi connectivity index (χ0) is 12.5. The molecule has 0 aromatic carbocycles. The molecule has 1 aromatic heterocycles. The first-order valence-corrected chi connectivity index (χ1v) is 5.57. The van der Waals surface area contributed by atoms with Crippen molar-refractivity contribution >= 4 is 11.6 Å². The fraction of sp³-hybridized carbons (Fsp3) is 0.500. The maximum Gasteiger partial charge on any atom is 0.236 e. The van der Waals surface area contributed by atoms with Gasteiger partial charge in [-0.2, -0.15) is 0 Å². The normalized spacial score (nSPS) is 28.1. The van der Waals surface area contributed by atoms with Crippen LogP contribution in [0, 0.1) is 5.41 Å². The van der Waals surface area contributed by atoms with Crippen molar-refractivity contribution in [3.8, 4) is 0 Å². The minimum atomic E-state index is -0.641. The molecule has 2 atom stereocenters. The van der Waals surface area contributed by atoms with E-state index < -0.39 is 5.41 Å². The molecule has 1 saturated heterocycles. The number of nitrogens with zero attached hydrogens (tertiary/aromatic N) is 2. The fourth-order valence-electron chi connectivity index (χ4n) is 1.98. The van der Waals surface area contributed by atoms with E-state index in [1.165, 1.54) is 0 Å². The second-order valence-electron chi connectivity index (χ2n) is 4.61. The predicted molar refractivity (Wildman–Crippen MR) is 64.5 cm³/mol. The van der Waals surface area contributed by atoms with Gasteiger partial charge in [-0.05, 0) is 19.1 Å². The zero-order valence-electron chi connectivity index (χ0n) is 10.1. The van der Waals surface area contributed by atoms with Crippen molar-refractivity contribution in [2.45, 2.75) is 13.0 Å². The molecule has 1 aliphatic rings. The van der Waals surface area contributed by atoms with E-state index >= 15 is 0 Å². The molecule has 1 aromatic rings. The molecule has 1 aliphatic heterocycles. The Balaban J connectivity index is 2.21. The molecule has 0 spiro atoms. The van der Waals surface area contributed by atoms with Gasteiger partial charge >= 0.3 is 0 Å². The number of hydrogen-bond acceptors (Lipinski definition) is 4. The smallest absolute Gasteiger partial charge is 0.236 e. The SMILES string of the molecule is CN(C(=O)C1(C)COCC1N)c1ccncc1. The number of nitrogens with two attached hydrogens (primary N) is 1. The van der Waals surface area contributed by atoms with Crippen molar-refractivity contribution in [3.05, 3.63) is 24.5 Å². The Labute approximate surface area is 101 Å². The second kappa shape index (κ2) is 4.43. The molecule has 0 saturated carbocycles. The minimum absolute atomic E-state index is 0.0197. The Bertz CT molecular complexity index is 409. The van der Waals surface area contributed by atoms with Crippen LogP contribution in [0.5, 0.6) is 0 Å². The average molecular weight is 235 g/mol. The zero-order valence-corrected chi connectivity index (χ0v) is 10.1. The van der Waals surface area contributed by atoms with Crippen molar-refractivity contribution < 1.29 is 9.53 Å². The number of carbonyl (C=O) groups is 1. The summed E-state index contributed by atoms with van der Waals surface area (Å²) in [6.07, 6.45) is 3.32. The lowest BCUT2D eigenvalue weighted by atomic mass is 9.84. The summed E-state index contributed by atoms with van der Waals surface area (Å²) in [7, 11) is 1.74. The summed E-state index contributed by atoms with van der Waals surface area (Å²) >= 11 is 0. The Morgan fingerprint density at radius 1 is 1.59 bits per heavy atom. The van der Waals surface area contributed by atoms with Crippen LogP contribution in [0.3, 0.4) is 0 Å². The van der Waals surface area contributed by atoms with Crippen LogP contribution in [0.15, 0.2) is 24.5 Å². The monoisotopic (exact) mass is 235 g/mol. The van der Waals surface area contributed by atoms with Gasteiger partial charge in [-0.15, -0.1) is 0 Å². The standard InChI is InChI=1S/C12H17N3O2/c1-12(8-17-7-10(12)13)11(16)15(2)9-3-5-14-6-4-9/h3-6,10H,7-8,13H2,1-2H3. The van der Waals surface area contributed by atoms with Crippen LogP contribution in [0.1, 0.15) is 6.92 Å². The van der Waals surface area contributed by atoms with E-state index in [2.05, 4.69) is 4.98 Å². The molecule has 0 aliphatic carbocycles. The second-order valence-corrected chi connectivity index (χ2v) is 4.61. The maximum absolute atomic E-state index is 12.4. The van der Waals surface area contributed by atoms with E-state index in [1.54, 1.807) is 36.5 Å². The number of amides is 1. The first kappa shape index (κ1) is 12.0. The number of pyridine rings is 1. The van der Waals surface area contributed by atoms with Gasteiger partial charge in [0.2, 0.25) is 5.91 Å². The van der Waals surface area contributed by atoms with Gasteiger partial charge in [-0.1, -0.05) is 0 Å². The van der Waals surface area contributed by atoms with E-state index in [0.29, 0.717) is 13.2 Å². The lowest BCUT2D eigenvalue weighted by Crippen LogP contribution is -2.50. The summed E-state index contributed by atoms with van der Waals surface area (Å²) < 4.78 is 5.29. The highest BCUT2D eigenvalue weighted by Crippen LogP contribution is 2.30. The van der Waals surface area contributed by atoms with Crippen LogP contribution in [0.4, 0.5) is 5.69 Å². The summed E-state index contributed by atoms with van der Waals surface area (Å²) in [5.41, 5.74) is 6.11. The highest BCUT2D eigenvalue weighted by Gasteiger charge is 2.45. The molecule has 0 radical (unpaired) electrons. The van der Waals surface area contributed by atoms with Crippen molar-refractivity contribution in [2.24, 2.45) is 11.1 Å². The highest BCUT2D eigenvalue weighted by molar-refractivity contribution is 5.97. The topological polar surface area (TPSA) is 68.5 Å². The lowest BCUT2D eigenvalue weighted by Gasteiger charge is -2.30. The average Bonchev–Trinajstić information content (AvgIpc) is 2.70. The summed E-state index contributed by atoms with van der Waals surface area (Å²) in [4.78, 5) is 18.0. The van der Waals surface area contributed by atoms with Crippen LogP contribution in [-0.2, 0) is 9.53 Å². The summed E-state index contributed by atoms with van der Waals surface area (Å²) in [5.74, 6) is -0.0197. The molecular weight excluding hydrogens is 218 g/mol. The molecule has 2 rings (SSSR count). The Hall–Kier alpha value is -1.46. The molecular formula is C12H17N3O2. The van der Waals surface area contributed by atoms with E-state index in [4.69, 9.17) is 10.5 Å². The Morgan fingerprint density at radius 3 is 2.76 bits per heavy atom.